The van der Waals surface area contributed by atoms with Gasteiger partial charge < -0.3 is 0 Å². The molecule has 0 aliphatic rings. The van der Waals surface area contributed by atoms with Gasteiger partial charge in [-0.15, -0.1) is 0 Å². The molecular weight excluding hydrogens is 216 g/mol. The van der Waals surface area contributed by atoms with E-state index in [1.165, 1.54) is 6.92 Å². The summed E-state index contributed by atoms with van der Waals surface area (Å²) in [5.74, 6) is -1.72. The molecule has 0 spiro atoms. The van der Waals surface area contributed by atoms with Crippen molar-refractivity contribution < 1.29 is 14.4 Å². The Morgan fingerprint density at radius 1 is 0.941 bits per heavy atom. The lowest BCUT2D eigenvalue weighted by atomic mass is 9.89. The Bertz CT molecular complexity index is 269. The molecule has 0 saturated heterocycles. The minimum Gasteiger partial charge on any atom is -0.299 e. The maximum Gasteiger partial charge on any atom is 0.208 e. The van der Waals surface area contributed by atoms with Crippen molar-refractivity contribution in [2.45, 2.75) is 65.7 Å². The Hall–Kier alpha value is -0.990. The third kappa shape index (κ3) is 6.35. The van der Waals surface area contributed by atoms with Crippen molar-refractivity contribution in [3.63, 3.8) is 0 Å². The van der Waals surface area contributed by atoms with Crippen LogP contribution in [-0.2, 0) is 14.4 Å². The van der Waals surface area contributed by atoms with Gasteiger partial charge in [-0.3, -0.25) is 14.4 Å². The molecule has 0 radical (unpaired) electrons. The summed E-state index contributed by atoms with van der Waals surface area (Å²) in [6.45, 7) is 5.33. The Labute approximate surface area is 104 Å². The van der Waals surface area contributed by atoms with E-state index in [4.69, 9.17) is 0 Å². The Balaban J connectivity index is 4.39. The number of rotatable bonds is 10. The van der Waals surface area contributed by atoms with Crippen LogP contribution in [0.2, 0.25) is 0 Å². The van der Waals surface area contributed by atoms with Crippen LogP contribution in [-0.4, -0.2) is 17.3 Å². The van der Waals surface area contributed by atoms with Gasteiger partial charge in [0.1, 0.15) is 5.78 Å². The first kappa shape index (κ1) is 16.0. The molecule has 0 rings (SSSR count). The van der Waals surface area contributed by atoms with Crippen LogP contribution in [0.4, 0.5) is 0 Å². The summed E-state index contributed by atoms with van der Waals surface area (Å²) in [4.78, 5) is 34.6. The van der Waals surface area contributed by atoms with E-state index in [0.717, 1.165) is 32.1 Å². The molecule has 0 N–H and O–H groups in total. The zero-order chi connectivity index (χ0) is 13.3. The van der Waals surface area contributed by atoms with Gasteiger partial charge in [0.05, 0.1) is 5.92 Å². The van der Waals surface area contributed by atoms with E-state index in [-0.39, 0.29) is 5.78 Å². The Morgan fingerprint density at radius 2 is 1.53 bits per heavy atom. The number of Topliss-reactive ketones (excluding diaryl/α,β-unsaturated/α-hetero) is 3. The van der Waals surface area contributed by atoms with Gasteiger partial charge in [-0.1, -0.05) is 39.5 Å². The predicted octanol–water partition coefficient (Wildman–Crippen LogP) is 3.10. The first-order valence-electron chi connectivity index (χ1n) is 6.62. The molecule has 0 aromatic carbocycles. The second-order valence-electron chi connectivity index (χ2n) is 4.54. The highest BCUT2D eigenvalue weighted by Crippen LogP contribution is 2.15. The van der Waals surface area contributed by atoms with Crippen molar-refractivity contribution in [3.8, 4) is 0 Å². The highest BCUT2D eigenvalue weighted by molar-refractivity contribution is 6.40. The maximum absolute atomic E-state index is 11.9. The number of carbonyl (C=O) groups excluding carboxylic acids is 3. The van der Waals surface area contributed by atoms with E-state index in [1.54, 1.807) is 0 Å². The van der Waals surface area contributed by atoms with Crippen molar-refractivity contribution >= 4 is 17.3 Å². The smallest absolute Gasteiger partial charge is 0.208 e. The normalized spacial score (nSPS) is 12.2. The largest absolute Gasteiger partial charge is 0.299 e. The summed E-state index contributed by atoms with van der Waals surface area (Å²) in [6, 6.07) is 0. The molecule has 0 aliphatic carbocycles. The lowest BCUT2D eigenvalue weighted by Gasteiger charge is -2.12. The van der Waals surface area contributed by atoms with E-state index in [2.05, 4.69) is 6.92 Å². The van der Waals surface area contributed by atoms with Gasteiger partial charge >= 0.3 is 0 Å². The summed E-state index contributed by atoms with van der Waals surface area (Å²) in [6.07, 6.45) is 5.59. The quantitative estimate of drug-likeness (QED) is 0.335. The van der Waals surface area contributed by atoms with Gasteiger partial charge in [-0.05, 0) is 12.8 Å². The molecule has 1 unspecified atom stereocenters. The molecule has 3 nitrogen and oxygen atoms in total. The topological polar surface area (TPSA) is 51.2 Å². The van der Waals surface area contributed by atoms with E-state index < -0.39 is 17.5 Å². The SMILES string of the molecule is CCCCCC(=O)C(CCCC)C(=O)C(C)=O. The number of ketones is 3. The van der Waals surface area contributed by atoms with Crippen LogP contribution in [0.5, 0.6) is 0 Å². The van der Waals surface area contributed by atoms with Crippen molar-refractivity contribution in [2.75, 3.05) is 0 Å². The highest BCUT2D eigenvalue weighted by Gasteiger charge is 2.27. The fraction of sp³-hybridized carbons (Fsp3) is 0.786. The van der Waals surface area contributed by atoms with Crippen LogP contribution >= 0.6 is 0 Å². The van der Waals surface area contributed by atoms with Gasteiger partial charge in [0.15, 0.2) is 5.78 Å². The molecular formula is C14H24O3. The van der Waals surface area contributed by atoms with Gasteiger partial charge in [0.25, 0.3) is 0 Å². The minimum absolute atomic E-state index is 0.0490. The molecule has 0 heterocycles. The highest BCUT2D eigenvalue weighted by atomic mass is 16.2. The Morgan fingerprint density at radius 3 is 2.00 bits per heavy atom. The second kappa shape index (κ2) is 9.08. The van der Waals surface area contributed by atoms with Crippen molar-refractivity contribution in [1.29, 1.82) is 0 Å². The molecule has 3 heteroatoms. The van der Waals surface area contributed by atoms with Crippen LogP contribution in [0.25, 0.3) is 0 Å². The fourth-order valence-corrected chi connectivity index (χ4v) is 1.82. The van der Waals surface area contributed by atoms with Crippen LogP contribution in [0.15, 0.2) is 0 Å². The summed E-state index contributed by atoms with van der Waals surface area (Å²) in [5.41, 5.74) is 0. The van der Waals surface area contributed by atoms with E-state index in [1.807, 2.05) is 6.92 Å². The molecule has 0 aromatic heterocycles. The molecule has 0 amide bonds. The van der Waals surface area contributed by atoms with Crippen LogP contribution in [0.3, 0.4) is 0 Å². The van der Waals surface area contributed by atoms with Crippen molar-refractivity contribution in [1.82, 2.24) is 0 Å². The molecule has 1 atom stereocenters. The van der Waals surface area contributed by atoms with E-state index in [0.29, 0.717) is 12.8 Å². The standard InChI is InChI=1S/C14H24O3/c1-4-6-8-10-13(16)12(9-7-5-2)14(17)11(3)15/h12H,4-10H2,1-3H3. The number of hydrogen-bond donors (Lipinski definition) is 0. The van der Waals surface area contributed by atoms with Gasteiger partial charge in [0, 0.05) is 13.3 Å². The summed E-state index contributed by atoms with van der Waals surface area (Å²) in [5, 5.41) is 0. The lowest BCUT2D eigenvalue weighted by molar-refractivity contribution is -0.142. The second-order valence-corrected chi connectivity index (χ2v) is 4.54. The molecule has 0 fully saturated rings. The monoisotopic (exact) mass is 240 g/mol. The Kier molecular flexibility index (Phi) is 8.55. The lowest BCUT2D eigenvalue weighted by Crippen LogP contribution is -2.28. The summed E-state index contributed by atoms with van der Waals surface area (Å²) in [7, 11) is 0. The van der Waals surface area contributed by atoms with Crippen LogP contribution in [0.1, 0.15) is 65.7 Å². The van der Waals surface area contributed by atoms with E-state index in [9.17, 15) is 14.4 Å². The average Bonchev–Trinajstić information content (AvgIpc) is 2.29. The maximum atomic E-state index is 11.9. The van der Waals surface area contributed by atoms with E-state index >= 15 is 0 Å². The van der Waals surface area contributed by atoms with Gasteiger partial charge in [0.2, 0.25) is 5.78 Å². The fourth-order valence-electron chi connectivity index (χ4n) is 1.82. The molecule has 0 aliphatic heterocycles. The van der Waals surface area contributed by atoms with Gasteiger partial charge in [-0.25, -0.2) is 0 Å². The van der Waals surface area contributed by atoms with Gasteiger partial charge in [-0.2, -0.15) is 0 Å². The zero-order valence-electron chi connectivity index (χ0n) is 11.3. The minimum atomic E-state index is -0.677. The third-order valence-electron chi connectivity index (χ3n) is 2.93. The summed E-state index contributed by atoms with van der Waals surface area (Å²) >= 11 is 0. The number of unbranched alkanes of at least 4 members (excludes halogenated alkanes) is 3. The predicted molar refractivity (Wildman–Crippen MR) is 67.9 cm³/mol. The molecule has 0 bridgehead atoms. The average molecular weight is 240 g/mol. The number of carbonyl (C=O) groups is 3. The van der Waals surface area contributed by atoms with Crippen molar-refractivity contribution in [3.05, 3.63) is 0 Å². The molecule has 17 heavy (non-hydrogen) atoms. The molecule has 0 aromatic rings. The molecule has 0 saturated carbocycles. The number of hydrogen-bond acceptors (Lipinski definition) is 3. The zero-order valence-corrected chi connectivity index (χ0v) is 11.3. The third-order valence-corrected chi connectivity index (χ3v) is 2.93. The molecule has 98 valence electrons. The van der Waals surface area contributed by atoms with Crippen LogP contribution < -0.4 is 0 Å². The van der Waals surface area contributed by atoms with Crippen LogP contribution in [0, 0.1) is 5.92 Å². The first-order valence-corrected chi connectivity index (χ1v) is 6.62. The summed E-state index contributed by atoms with van der Waals surface area (Å²) < 4.78 is 0. The first-order chi connectivity index (χ1) is 8.04. The van der Waals surface area contributed by atoms with Crippen molar-refractivity contribution in [2.24, 2.45) is 5.92 Å².